The number of aliphatic hydroxyl groups is 1. The van der Waals surface area contributed by atoms with Gasteiger partial charge in [-0.2, -0.15) is 0 Å². The highest BCUT2D eigenvalue weighted by Crippen LogP contribution is 2.55. The molecule has 0 radical (unpaired) electrons. The third kappa shape index (κ3) is 3.40. The van der Waals surface area contributed by atoms with Crippen LogP contribution in [0.4, 0.5) is 0 Å². The Morgan fingerprint density at radius 3 is 2.93 bits per heavy atom. The van der Waals surface area contributed by atoms with Crippen LogP contribution in [-0.2, 0) is 9.53 Å². The Morgan fingerprint density at radius 2 is 2.15 bits per heavy atom. The van der Waals surface area contributed by atoms with Gasteiger partial charge in [-0.1, -0.05) is 37.1 Å². The van der Waals surface area contributed by atoms with Gasteiger partial charge in [0.2, 0.25) is 0 Å². The summed E-state index contributed by atoms with van der Waals surface area (Å²) in [5.41, 5.74) is 2.70. The van der Waals surface area contributed by atoms with Crippen molar-refractivity contribution in [1.82, 2.24) is 0 Å². The monoisotopic (exact) mass is 374 g/mol. The second-order valence-corrected chi connectivity index (χ2v) is 9.47. The normalized spacial score (nSPS) is 41.3. The molecule has 0 aromatic rings. The first-order valence-corrected chi connectivity index (χ1v) is 11.1. The molecule has 1 saturated carbocycles. The summed E-state index contributed by atoms with van der Waals surface area (Å²) in [7, 11) is 0. The number of esters is 1. The van der Waals surface area contributed by atoms with Gasteiger partial charge in [0.05, 0.1) is 19.2 Å². The predicted octanol–water partition coefficient (Wildman–Crippen LogP) is 2.73. The first kappa shape index (κ1) is 19.2. The van der Waals surface area contributed by atoms with Gasteiger partial charge in [-0.25, -0.2) is 0 Å². The third-order valence-electron chi connectivity index (χ3n) is 8.05. The van der Waals surface area contributed by atoms with E-state index in [0.29, 0.717) is 5.92 Å². The van der Waals surface area contributed by atoms with Crippen LogP contribution >= 0.6 is 0 Å². The van der Waals surface area contributed by atoms with Gasteiger partial charge in [0.25, 0.3) is 0 Å². The molecule has 4 aliphatic rings. The number of allylic oxidation sites excluding steroid dienone is 2. The van der Waals surface area contributed by atoms with Gasteiger partial charge < -0.3 is 15.2 Å². The largest absolute Gasteiger partial charge is 0.461 e. The van der Waals surface area contributed by atoms with Crippen molar-refractivity contribution in [3.63, 3.8) is 0 Å². The van der Waals surface area contributed by atoms with Crippen molar-refractivity contribution >= 4 is 5.97 Å². The SMILES string of the molecule is C[C@@H]1CCC=C2C[C@H]3OC(=O)[C@@H](C[NH2+]CCC4=CCCCC4)[C@H]3[C@H](O)[C@@]21C. The van der Waals surface area contributed by atoms with E-state index in [2.05, 4.69) is 31.3 Å². The van der Waals surface area contributed by atoms with Crippen molar-refractivity contribution < 1.29 is 20.0 Å². The molecule has 1 saturated heterocycles. The molecule has 0 spiro atoms. The van der Waals surface area contributed by atoms with Gasteiger partial charge in [0, 0.05) is 24.2 Å². The number of carbonyl (C=O) groups is 1. The van der Waals surface area contributed by atoms with E-state index in [-0.39, 0.29) is 29.3 Å². The van der Waals surface area contributed by atoms with Gasteiger partial charge in [0.1, 0.15) is 12.0 Å². The number of hydrogen-bond donors (Lipinski definition) is 2. The van der Waals surface area contributed by atoms with E-state index in [1.807, 2.05) is 0 Å². The molecule has 1 heterocycles. The molecule has 6 atom stereocenters. The molecular weight excluding hydrogens is 338 g/mol. The second-order valence-electron chi connectivity index (χ2n) is 9.47. The summed E-state index contributed by atoms with van der Waals surface area (Å²) >= 11 is 0. The average molecular weight is 375 g/mol. The highest BCUT2D eigenvalue weighted by atomic mass is 16.6. The van der Waals surface area contributed by atoms with Crippen molar-refractivity contribution in [3.8, 4) is 0 Å². The van der Waals surface area contributed by atoms with Crippen LogP contribution in [0.5, 0.6) is 0 Å². The zero-order valence-corrected chi connectivity index (χ0v) is 17.0. The topological polar surface area (TPSA) is 63.1 Å². The van der Waals surface area contributed by atoms with Crippen LogP contribution < -0.4 is 5.32 Å². The molecule has 150 valence electrons. The Kier molecular flexibility index (Phi) is 5.48. The maximum Gasteiger partial charge on any atom is 0.315 e. The minimum atomic E-state index is -0.483. The first-order valence-electron chi connectivity index (χ1n) is 11.1. The van der Waals surface area contributed by atoms with Crippen LogP contribution in [0.2, 0.25) is 0 Å². The summed E-state index contributed by atoms with van der Waals surface area (Å²) < 4.78 is 5.75. The van der Waals surface area contributed by atoms with Crippen LogP contribution in [0.25, 0.3) is 0 Å². The van der Waals surface area contributed by atoms with Crippen LogP contribution in [0.1, 0.15) is 65.2 Å². The number of carbonyl (C=O) groups excluding carboxylic acids is 1. The van der Waals surface area contributed by atoms with E-state index in [0.717, 1.165) is 38.8 Å². The molecule has 4 rings (SSSR count). The minimum Gasteiger partial charge on any atom is -0.461 e. The molecule has 0 amide bonds. The van der Waals surface area contributed by atoms with Gasteiger partial charge in [-0.05, 0) is 44.4 Å². The van der Waals surface area contributed by atoms with Crippen LogP contribution in [0, 0.1) is 23.2 Å². The zero-order chi connectivity index (χ0) is 19.0. The van der Waals surface area contributed by atoms with E-state index in [9.17, 15) is 9.90 Å². The van der Waals surface area contributed by atoms with Gasteiger partial charge in [-0.15, -0.1) is 0 Å². The standard InChI is InChI=1S/C23H35NO3/c1-15-7-6-10-17-13-19-20(21(25)23(15,17)2)18(22(26)27-19)14-24-12-11-16-8-4-3-5-9-16/h8,10,15,18-21,24-25H,3-7,9,11-14H2,1-2H3/p+1/t15-,18+,19-,20-,21+,23-/m1/s1. The minimum absolute atomic E-state index is 0.0506. The molecule has 4 nitrogen and oxygen atoms in total. The Hall–Kier alpha value is -1.13. The Balaban J connectivity index is 1.40. The summed E-state index contributed by atoms with van der Waals surface area (Å²) in [4.78, 5) is 12.6. The lowest BCUT2D eigenvalue weighted by atomic mass is 9.55. The molecule has 2 fully saturated rings. The number of nitrogens with two attached hydrogens (primary N) is 1. The predicted molar refractivity (Wildman–Crippen MR) is 105 cm³/mol. The van der Waals surface area contributed by atoms with Crippen LogP contribution in [-0.4, -0.2) is 36.4 Å². The van der Waals surface area contributed by atoms with Crippen molar-refractivity contribution in [2.75, 3.05) is 13.1 Å². The lowest BCUT2D eigenvalue weighted by molar-refractivity contribution is -0.659. The highest BCUT2D eigenvalue weighted by molar-refractivity contribution is 5.76. The van der Waals surface area contributed by atoms with E-state index in [1.54, 1.807) is 5.57 Å². The Labute approximate surface area is 163 Å². The molecule has 0 aromatic carbocycles. The molecule has 27 heavy (non-hydrogen) atoms. The van der Waals surface area contributed by atoms with Gasteiger partial charge in [-0.3, -0.25) is 4.79 Å². The molecule has 0 unspecified atom stereocenters. The summed E-state index contributed by atoms with van der Waals surface area (Å²) in [6, 6.07) is 0. The van der Waals surface area contributed by atoms with E-state index >= 15 is 0 Å². The van der Waals surface area contributed by atoms with Crippen LogP contribution in [0.3, 0.4) is 0 Å². The summed E-state index contributed by atoms with van der Waals surface area (Å²) in [5, 5.41) is 13.6. The molecule has 3 N–H and O–H groups in total. The van der Waals surface area contributed by atoms with Gasteiger partial charge in [0.15, 0.2) is 0 Å². The maximum atomic E-state index is 12.6. The number of aliphatic hydroxyl groups excluding tert-OH is 1. The molecule has 1 aliphatic heterocycles. The quantitative estimate of drug-likeness (QED) is 0.442. The molecule has 4 heteroatoms. The number of quaternary nitrogens is 1. The van der Waals surface area contributed by atoms with Gasteiger partial charge >= 0.3 is 5.97 Å². The molecule has 0 aromatic heterocycles. The van der Waals surface area contributed by atoms with E-state index in [1.165, 1.54) is 31.3 Å². The smallest absolute Gasteiger partial charge is 0.315 e. The summed E-state index contributed by atoms with van der Waals surface area (Å²) in [5.74, 6) is 0.142. The maximum absolute atomic E-state index is 12.6. The highest BCUT2D eigenvalue weighted by Gasteiger charge is 2.60. The lowest BCUT2D eigenvalue weighted by Gasteiger charge is -2.51. The van der Waals surface area contributed by atoms with E-state index < -0.39 is 6.10 Å². The molecule has 3 aliphatic carbocycles. The first-order chi connectivity index (χ1) is 13.0. The van der Waals surface area contributed by atoms with E-state index in [4.69, 9.17) is 4.74 Å². The molecule has 0 bridgehead atoms. The third-order valence-corrected chi connectivity index (χ3v) is 8.05. The number of ether oxygens (including phenoxy) is 1. The average Bonchev–Trinajstić information content (AvgIpc) is 2.98. The van der Waals surface area contributed by atoms with Crippen molar-refractivity contribution in [2.45, 2.75) is 77.4 Å². The fourth-order valence-electron chi connectivity index (χ4n) is 6.05. The summed E-state index contributed by atoms with van der Waals surface area (Å²) in [6.45, 7) is 6.24. The zero-order valence-electron chi connectivity index (χ0n) is 17.0. The fourth-order valence-corrected chi connectivity index (χ4v) is 6.05. The Bertz CT molecular complexity index is 640. The van der Waals surface area contributed by atoms with Crippen molar-refractivity contribution in [2.24, 2.45) is 23.2 Å². The second kappa shape index (κ2) is 7.71. The fraction of sp³-hybridized carbons (Fsp3) is 0.783. The summed E-state index contributed by atoms with van der Waals surface area (Å²) in [6.07, 6.45) is 13.4. The molecular formula is C23H36NO3+. The number of hydrogen-bond acceptors (Lipinski definition) is 3. The van der Waals surface area contributed by atoms with Crippen molar-refractivity contribution in [1.29, 1.82) is 0 Å². The lowest BCUT2D eigenvalue weighted by Crippen LogP contribution is -2.86. The Morgan fingerprint density at radius 1 is 1.30 bits per heavy atom. The number of rotatable bonds is 5. The van der Waals surface area contributed by atoms with Crippen molar-refractivity contribution in [3.05, 3.63) is 23.3 Å². The van der Waals surface area contributed by atoms with Crippen LogP contribution in [0.15, 0.2) is 23.3 Å². The number of fused-ring (bicyclic) bond motifs is 2.